The Kier molecular flexibility index (Phi) is 5.22. The summed E-state index contributed by atoms with van der Waals surface area (Å²) in [7, 11) is 0. The van der Waals surface area contributed by atoms with E-state index in [0.29, 0.717) is 29.4 Å². The fourth-order valence-corrected chi connectivity index (χ4v) is 2.27. The third-order valence-corrected chi connectivity index (χ3v) is 3.38. The molecule has 0 fully saturated rings. The fraction of sp³-hybridized carbons (Fsp3) is 0.133. The maximum atomic E-state index is 12.5. The van der Waals surface area contributed by atoms with Crippen molar-refractivity contribution in [2.75, 3.05) is 12.5 Å². The van der Waals surface area contributed by atoms with E-state index in [0.717, 1.165) is 3.57 Å². The molecule has 2 aromatic carbocycles. The number of ketones is 1. The summed E-state index contributed by atoms with van der Waals surface area (Å²) < 4.78 is 6.52. The Bertz CT molecular complexity index is 570. The van der Waals surface area contributed by atoms with Crippen molar-refractivity contribution < 1.29 is 9.53 Å². The molecule has 0 radical (unpaired) electrons. The van der Waals surface area contributed by atoms with Crippen molar-refractivity contribution in [3.05, 3.63) is 63.2 Å². The van der Waals surface area contributed by atoms with Gasteiger partial charge < -0.3 is 4.74 Å². The van der Waals surface area contributed by atoms with Crippen LogP contribution < -0.4 is 4.74 Å². The van der Waals surface area contributed by atoms with Gasteiger partial charge in [-0.3, -0.25) is 4.79 Å². The van der Waals surface area contributed by atoms with Crippen molar-refractivity contribution in [2.24, 2.45) is 0 Å². The molecular weight excluding hydrogens is 375 g/mol. The molecule has 0 unspecified atom stereocenters. The minimum Gasteiger partial charge on any atom is -0.492 e. The van der Waals surface area contributed by atoms with Gasteiger partial charge in [-0.2, -0.15) is 0 Å². The molecule has 0 aliphatic carbocycles. The first-order valence-electron chi connectivity index (χ1n) is 5.80. The molecular formula is C15H12ClIO2. The molecule has 2 aromatic rings. The molecule has 2 rings (SSSR count). The van der Waals surface area contributed by atoms with Crippen LogP contribution in [-0.4, -0.2) is 18.3 Å². The van der Waals surface area contributed by atoms with Gasteiger partial charge in [0.2, 0.25) is 0 Å². The van der Waals surface area contributed by atoms with Gasteiger partial charge in [0.05, 0.1) is 11.4 Å². The lowest BCUT2D eigenvalue weighted by Gasteiger charge is -2.10. The third-order valence-electron chi connectivity index (χ3n) is 2.56. The SMILES string of the molecule is O=C(c1ccccc1)c1cc(I)ccc1OCCCl. The third kappa shape index (κ3) is 3.70. The summed E-state index contributed by atoms with van der Waals surface area (Å²) >= 11 is 7.80. The maximum absolute atomic E-state index is 12.5. The minimum absolute atomic E-state index is 0.0383. The standard InChI is InChI=1S/C15H12ClIO2/c16-8-9-19-14-7-6-12(17)10-13(14)15(18)11-4-2-1-3-5-11/h1-7,10H,8-9H2. The number of halogens is 2. The summed E-state index contributed by atoms with van der Waals surface area (Å²) in [6, 6.07) is 14.7. The van der Waals surface area contributed by atoms with Crippen LogP contribution in [-0.2, 0) is 0 Å². The smallest absolute Gasteiger partial charge is 0.196 e. The van der Waals surface area contributed by atoms with E-state index in [1.54, 1.807) is 12.1 Å². The van der Waals surface area contributed by atoms with Gasteiger partial charge >= 0.3 is 0 Å². The van der Waals surface area contributed by atoms with Crippen LogP contribution in [0.5, 0.6) is 5.75 Å². The maximum Gasteiger partial charge on any atom is 0.196 e. The molecule has 0 aliphatic rings. The second-order valence-electron chi connectivity index (χ2n) is 3.87. The normalized spacial score (nSPS) is 10.2. The predicted octanol–water partition coefficient (Wildman–Crippen LogP) is 4.14. The summed E-state index contributed by atoms with van der Waals surface area (Å²) in [6.45, 7) is 0.386. The van der Waals surface area contributed by atoms with Gasteiger partial charge in [0, 0.05) is 9.13 Å². The van der Waals surface area contributed by atoms with Crippen molar-refractivity contribution in [1.29, 1.82) is 0 Å². The largest absolute Gasteiger partial charge is 0.492 e. The Labute approximate surface area is 130 Å². The zero-order valence-electron chi connectivity index (χ0n) is 10.1. The van der Waals surface area contributed by atoms with Gasteiger partial charge in [-0.25, -0.2) is 0 Å². The zero-order valence-corrected chi connectivity index (χ0v) is 13.0. The van der Waals surface area contributed by atoms with Gasteiger partial charge in [0.25, 0.3) is 0 Å². The van der Waals surface area contributed by atoms with Gasteiger partial charge in [-0.1, -0.05) is 30.3 Å². The molecule has 0 amide bonds. The van der Waals surface area contributed by atoms with Crippen LogP contribution in [0.4, 0.5) is 0 Å². The Morgan fingerprint density at radius 3 is 2.58 bits per heavy atom. The van der Waals surface area contributed by atoms with Gasteiger partial charge in [0.1, 0.15) is 12.4 Å². The monoisotopic (exact) mass is 386 g/mol. The Balaban J connectivity index is 2.37. The van der Waals surface area contributed by atoms with Crippen molar-refractivity contribution in [2.45, 2.75) is 0 Å². The van der Waals surface area contributed by atoms with Crippen LogP contribution in [0.3, 0.4) is 0 Å². The molecule has 0 saturated carbocycles. The molecule has 0 aromatic heterocycles. The minimum atomic E-state index is -0.0383. The zero-order chi connectivity index (χ0) is 13.7. The topological polar surface area (TPSA) is 26.3 Å². The second-order valence-corrected chi connectivity index (χ2v) is 5.50. The van der Waals surface area contributed by atoms with E-state index in [9.17, 15) is 4.79 Å². The van der Waals surface area contributed by atoms with Crippen LogP contribution >= 0.6 is 34.2 Å². The Morgan fingerprint density at radius 2 is 1.89 bits per heavy atom. The first kappa shape index (κ1) is 14.3. The van der Waals surface area contributed by atoms with Crippen LogP contribution in [0, 0.1) is 3.57 Å². The van der Waals surface area contributed by atoms with Crippen molar-refractivity contribution >= 4 is 40.0 Å². The molecule has 4 heteroatoms. The number of hydrogen-bond donors (Lipinski definition) is 0. The lowest BCUT2D eigenvalue weighted by molar-refractivity contribution is 0.103. The summed E-state index contributed by atoms with van der Waals surface area (Å²) in [6.07, 6.45) is 0. The second kappa shape index (κ2) is 6.91. The van der Waals surface area contributed by atoms with E-state index in [2.05, 4.69) is 22.6 Å². The average Bonchev–Trinajstić information content (AvgIpc) is 2.46. The number of hydrogen-bond acceptors (Lipinski definition) is 2. The number of carbonyl (C=O) groups excluding carboxylic acids is 1. The first-order valence-corrected chi connectivity index (χ1v) is 7.42. The van der Waals surface area contributed by atoms with Gasteiger partial charge in [0.15, 0.2) is 5.78 Å². The molecule has 0 saturated heterocycles. The lowest BCUT2D eigenvalue weighted by atomic mass is 10.0. The highest BCUT2D eigenvalue weighted by atomic mass is 127. The number of benzene rings is 2. The van der Waals surface area contributed by atoms with Crippen LogP contribution in [0.2, 0.25) is 0 Å². The van der Waals surface area contributed by atoms with E-state index < -0.39 is 0 Å². The number of rotatable bonds is 5. The molecule has 0 N–H and O–H groups in total. The van der Waals surface area contributed by atoms with Crippen LogP contribution in [0.15, 0.2) is 48.5 Å². The molecule has 0 bridgehead atoms. The predicted molar refractivity (Wildman–Crippen MR) is 85.2 cm³/mol. The number of alkyl halides is 1. The van der Waals surface area contributed by atoms with Gasteiger partial charge in [-0.15, -0.1) is 11.6 Å². The average molecular weight is 387 g/mol. The highest BCUT2D eigenvalue weighted by molar-refractivity contribution is 14.1. The van der Waals surface area contributed by atoms with Gasteiger partial charge in [-0.05, 0) is 40.8 Å². The summed E-state index contributed by atoms with van der Waals surface area (Å²) in [4.78, 5) is 12.5. The van der Waals surface area contributed by atoms with E-state index in [4.69, 9.17) is 16.3 Å². The van der Waals surface area contributed by atoms with Crippen molar-refractivity contribution in [3.8, 4) is 5.75 Å². The number of ether oxygens (including phenoxy) is 1. The summed E-state index contributed by atoms with van der Waals surface area (Å²) in [5.74, 6) is 0.934. The Hall–Kier alpha value is -1.07. The molecule has 0 aliphatic heterocycles. The summed E-state index contributed by atoms with van der Waals surface area (Å²) in [5.41, 5.74) is 1.23. The molecule has 0 spiro atoms. The fourth-order valence-electron chi connectivity index (χ4n) is 1.70. The van der Waals surface area contributed by atoms with E-state index in [-0.39, 0.29) is 5.78 Å². The van der Waals surface area contributed by atoms with Crippen molar-refractivity contribution in [3.63, 3.8) is 0 Å². The van der Waals surface area contributed by atoms with Crippen molar-refractivity contribution in [1.82, 2.24) is 0 Å². The molecule has 0 heterocycles. The summed E-state index contributed by atoms with van der Waals surface area (Å²) in [5, 5.41) is 0. The molecule has 0 atom stereocenters. The van der Waals surface area contributed by atoms with Crippen LogP contribution in [0.1, 0.15) is 15.9 Å². The number of carbonyl (C=O) groups is 1. The van der Waals surface area contributed by atoms with E-state index in [1.165, 1.54) is 0 Å². The molecule has 98 valence electrons. The van der Waals surface area contributed by atoms with E-state index >= 15 is 0 Å². The van der Waals surface area contributed by atoms with Crippen LogP contribution in [0.25, 0.3) is 0 Å². The quantitative estimate of drug-likeness (QED) is 0.439. The highest BCUT2D eigenvalue weighted by Crippen LogP contribution is 2.24. The molecule has 19 heavy (non-hydrogen) atoms. The van der Waals surface area contributed by atoms with E-state index in [1.807, 2.05) is 36.4 Å². The molecule has 2 nitrogen and oxygen atoms in total. The highest BCUT2D eigenvalue weighted by Gasteiger charge is 2.15. The Morgan fingerprint density at radius 1 is 1.16 bits per heavy atom. The lowest BCUT2D eigenvalue weighted by Crippen LogP contribution is -2.07. The first-order chi connectivity index (χ1) is 9.22.